The Labute approximate surface area is 115 Å². The number of aliphatic carboxylic acids is 1. The number of thiophene rings is 1. The van der Waals surface area contributed by atoms with Crippen molar-refractivity contribution in [2.24, 2.45) is 0 Å². The zero-order valence-electron chi connectivity index (χ0n) is 10.7. The highest BCUT2D eigenvalue weighted by atomic mass is 32.1. The second kappa shape index (κ2) is 5.36. The first-order valence-electron chi connectivity index (χ1n) is 5.92. The lowest BCUT2D eigenvalue weighted by Crippen LogP contribution is -2.09. The molecule has 98 valence electrons. The molecule has 4 heteroatoms. The Hall–Kier alpha value is -1.94. The first kappa shape index (κ1) is 13.5. The Balaban J connectivity index is 2.35. The Morgan fingerprint density at radius 1 is 1.26 bits per heavy atom. The van der Waals surface area contributed by atoms with Crippen LogP contribution in [0.2, 0.25) is 0 Å². The maximum absolute atomic E-state index is 12.2. The van der Waals surface area contributed by atoms with Crippen molar-refractivity contribution in [1.82, 2.24) is 0 Å². The van der Waals surface area contributed by atoms with Gasteiger partial charge in [0.15, 0.2) is 0 Å². The van der Waals surface area contributed by atoms with Gasteiger partial charge in [-0.25, -0.2) is 0 Å². The molecule has 0 radical (unpaired) electrons. The number of hydrogen-bond donors (Lipinski definition) is 1. The fraction of sp³-hybridized carbons (Fsp3) is 0.200. The lowest BCUT2D eigenvalue weighted by molar-refractivity contribution is -0.138. The molecule has 2 rings (SSSR count). The summed E-state index contributed by atoms with van der Waals surface area (Å²) in [5, 5.41) is 10.9. The van der Waals surface area contributed by atoms with E-state index in [1.807, 2.05) is 18.4 Å². The number of aryl methyl sites for hydroxylation is 1. The van der Waals surface area contributed by atoms with E-state index in [0.717, 1.165) is 5.56 Å². The number of rotatable bonds is 4. The maximum atomic E-state index is 12.2. The van der Waals surface area contributed by atoms with Gasteiger partial charge >= 0.3 is 5.97 Å². The summed E-state index contributed by atoms with van der Waals surface area (Å²) in [6.07, 6.45) is 0. The van der Waals surface area contributed by atoms with Gasteiger partial charge in [-0.1, -0.05) is 24.3 Å². The highest BCUT2D eigenvalue weighted by Gasteiger charge is 2.17. The van der Waals surface area contributed by atoms with E-state index in [1.54, 1.807) is 31.2 Å². The quantitative estimate of drug-likeness (QED) is 0.868. The summed E-state index contributed by atoms with van der Waals surface area (Å²) >= 11 is 1.41. The molecule has 0 aliphatic carbocycles. The molecule has 0 bridgehead atoms. The molecule has 2 aromatic rings. The van der Waals surface area contributed by atoms with Crippen LogP contribution in [0.3, 0.4) is 0 Å². The highest BCUT2D eigenvalue weighted by molar-refractivity contribution is 7.12. The minimum Gasteiger partial charge on any atom is -0.481 e. The van der Waals surface area contributed by atoms with Gasteiger partial charge in [-0.15, -0.1) is 11.3 Å². The molecule has 1 aromatic heterocycles. The predicted molar refractivity (Wildman–Crippen MR) is 75.0 cm³/mol. The van der Waals surface area contributed by atoms with Gasteiger partial charge in [0.25, 0.3) is 0 Å². The van der Waals surface area contributed by atoms with Crippen molar-refractivity contribution in [1.29, 1.82) is 0 Å². The lowest BCUT2D eigenvalue weighted by Gasteiger charge is -2.10. The third-order valence-corrected chi connectivity index (χ3v) is 3.98. The first-order chi connectivity index (χ1) is 9.00. The van der Waals surface area contributed by atoms with Gasteiger partial charge < -0.3 is 5.11 Å². The van der Waals surface area contributed by atoms with Crippen LogP contribution < -0.4 is 0 Å². The van der Waals surface area contributed by atoms with Crippen molar-refractivity contribution in [2.75, 3.05) is 0 Å². The molecule has 1 aromatic carbocycles. The van der Waals surface area contributed by atoms with Gasteiger partial charge in [-0.2, -0.15) is 0 Å². The number of benzene rings is 1. The molecule has 0 saturated heterocycles. The van der Waals surface area contributed by atoms with Crippen molar-refractivity contribution in [3.05, 3.63) is 57.3 Å². The number of carbonyl (C=O) groups is 2. The fourth-order valence-electron chi connectivity index (χ4n) is 1.89. The molecular formula is C15H14O3S. The van der Waals surface area contributed by atoms with Crippen LogP contribution in [0.1, 0.15) is 39.2 Å². The monoisotopic (exact) mass is 274 g/mol. The second-order valence-corrected chi connectivity index (χ2v) is 5.39. The Morgan fingerprint density at radius 3 is 2.53 bits per heavy atom. The number of carbonyl (C=O) groups excluding carboxylic acids is 1. The summed E-state index contributed by atoms with van der Waals surface area (Å²) < 4.78 is 0. The van der Waals surface area contributed by atoms with Crippen molar-refractivity contribution >= 4 is 23.1 Å². The number of ketones is 1. The minimum atomic E-state index is -0.864. The van der Waals surface area contributed by atoms with Crippen molar-refractivity contribution < 1.29 is 14.7 Å². The van der Waals surface area contributed by atoms with E-state index in [9.17, 15) is 9.59 Å². The lowest BCUT2D eigenvalue weighted by atomic mass is 9.95. The van der Waals surface area contributed by atoms with Crippen LogP contribution in [0, 0.1) is 6.92 Å². The summed E-state index contributed by atoms with van der Waals surface area (Å²) in [6.45, 7) is 3.47. The zero-order valence-corrected chi connectivity index (χ0v) is 11.5. The highest BCUT2D eigenvalue weighted by Crippen LogP contribution is 2.22. The Bertz CT molecular complexity index is 614. The molecule has 1 heterocycles. The van der Waals surface area contributed by atoms with E-state index >= 15 is 0 Å². The van der Waals surface area contributed by atoms with Crippen LogP contribution in [0.15, 0.2) is 35.7 Å². The fourth-order valence-corrected chi connectivity index (χ4v) is 2.57. The standard InChI is InChI=1S/C15H14O3S/c1-9-8-11(10(2)15(17)18)5-6-12(9)14(16)13-4-3-7-19-13/h3-8,10H,1-2H3,(H,17,18)/t10-/m0/s1. The van der Waals surface area contributed by atoms with E-state index in [0.29, 0.717) is 16.0 Å². The third-order valence-electron chi connectivity index (χ3n) is 3.11. The Kier molecular flexibility index (Phi) is 3.81. The van der Waals surface area contributed by atoms with E-state index < -0.39 is 11.9 Å². The van der Waals surface area contributed by atoms with Gasteiger partial charge in [0, 0.05) is 5.56 Å². The van der Waals surface area contributed by atoms with Crippen molar-refractivity contribution in [2.45, 2.75) is 19.8 Å². The smallest absolute Gasteiger partial charge is 0.310 e. The minimum absolute atomic E-state index is 0.0120. The molecule has 3 nitrogen and oxygen atoms in total. The predicted octanol–water partition coefficient (Wildman–Crippen LogP) is 3.48. The largest absolute Gasteiger partial charge is 0.481 e. The molecule has 19 heavy (non-hydrogen) atoms. The summed E-state index contributed by atoms with van der Waals surface area (Å²) in [6, 6.07) is 8.84. The van der Waals surface area contributed by atoms with Gasteiger partial charge in [0.2, 0.25) is 5.78 Å². The van der Waals surface area contributed by atoms with E-state index in [-0.39, 0.29) is 5.78 Å². The van der Waals surface area contributed by atoms with Crippen LogP contribution in [-0.4, -0.2) is 16.9 Å². The van der Waals surface area contributed by atoms with Gasteiger partial charge in [0.1, 0.15) is 0 Å². The molecule has 0 unspecified atom stereocenters. The molecule has 0 aliphatic rings. The van der Waals surface area contributed by atoms with Crippen molar-refractivity contribution in [3.8, 4) is 0 Å². The Morgan fingerprint density at radius 2 is 2.00 bits per heavy atom. The molecular weight excluding hydrogens is 260 g/mol. The molecule has 1 atom stereocenters. The molecule has 0 aliphatic heterocycles. The average molecular weight is 274 g/mol. The van der Waals surface area contributed by atoms with Crippen molar-refractivity contribution in [3.63, 3.8) is 0 Å². The third kappa shape index (κ3) is 2.74. The second-order valence-electron chi connectivity index (χ2n) is 4.44. The maximum Gasteiger partial charge on any atom is 0.310 e. The van der Waals surface area contributed by atoms with Crippen LogP contribution in [0.25, 0.3) is 0 Å². The summed E-state index contributed by atoms with van der Waals surface area (Å²) in [7, 11) is 0. The summed E-state index contributed by atoms with van der Waals surface area (Å²) in [5.74, 6) is -1.44. The summed E-state index contributed by atoms with van der Waals surface area (Å²) in [5.41, 5.74) is 2.15. The molecule has 1 N–H and O–H groups in total. The summed E-state index contributed by atoms with van der Waals surface area (Å²) in [4.78, 5) is 23.9. The normalized spacial score (nSPS) is 12.1. The number of hydrogen-bond acceptors (Lipinski definition) is 3. The van der Waals surface area contributed by atoms with E-state index in [1.165, 1.54) is 11.3 Å². The van der Waals surface area contributed by atoms with E-state index in [4.69, 9.17) is 5.11 Å². The molecule has 0 saturated carbocycles. The number of carboxylic acids is 1. The van der Waals surface area contributed by atoms with Gasteiger partial charge in [0.05, 0.1) is 10.8 Å². The van der Waals surface area contributed by atoms with E-state index in [2.05, 4.69) is 0 Å². The average Bonchev–Trinajstić information content (AvgIpc) is 2.90. The number of carboxylic acid groups (broad SMARTS) is 1. The zero-order chi connectivity index (χ0) is 14.0. The topological polar surface area (TPSA) is 54.4 Å². The van der Waals surface area contributed by atoms with Crippen LogP contribution >= 0.6 is 11.3 Å². The van der Waals surface area contributed by atoms with Crippen LogP contribution in [0.4, 0.5) is 0 Å². The van der Waals surface area contributed by atoms with Gasteiger partial charge in [-0.3, -0.25) is 9.59 Å². The van der Waals surface area contributed by atoms with Gasteiger partial charge in [-0.05, 0) is 36.4 Å². The van der Waals surface area contributed by atoms with Crippen LogP contribution in [-0.2, 0) is 4.79 Å². The van der Waals surface area contributed by atoms with Crippen LogP contribution in [0.5, 0.6) is 0 Å². The first-order valence-corrected chi connectivity index (χ1v) is 6.80. The molecule has 0 amide bonds. The molecule has 0 fully saturated rings. The molecule has 0 spiro atoms. The SMILES string of the molecule is Cc1cc([C@H](C)C(=O)O)ccc1C(=O)c1cccs1.